The molecule has 6 nitrogen and oxygen atoms in total. The van der Waals surface area contributed by atoms with Gasteiger partial charge < -0.3 is 19.5 Å². The fraction of sp³-hybridized carbons (Fsp3) is 0.333. The van der Waals surface area contributed by atoms with Crippen molar-refractivity contribution in [1.29, 1.82) is 0 Å². The van der Waals surface area contributed by atoms with Crippen LogP contribution in [0.4, 0.5) is 5.82 Å². The highest BCUT2D eigenvalue weighted by atomic mass is 32.1. The molecule has 0 bridgehead atoms. The molecule has 130 valence electrons. The van der Waals surface area contributed by atoms with Crippen molar-refractivity contribution < 1.29 is 14.6 Å². The molecule has 3 aromatic rings. The molecule has 0 amide bonds. The van der Waals surface area contributed by atoms with Crippen molar-refractivity contribution in [2.45, 2.75) is 19.6 Å². The number of aliphatic hydroxyl groups excluding tert-OH is 1. The summed E-state index contributed by atoms with van der Waals surface area (Å²) in [5.41, 5.74) is 1.73. The van der Waals surface area contributed by atoms with E-state index >= 15 is 0 Å². The lowest BCUT2D eigenvalue weighted by atomic mass is 9.95. The van der Waals surface area contributed by atoms with Gasteiger partial charge in [-0.25, -0.2) is 9.97 Å². The predicted molar refractivity (Wildman–Crippen MR) is 97.7 cm³/mol. The van der Waals surface area contributed by atoms with Crippen molar-refractivity contribution in [3.05, 3.63) is 40.5 Å². The number of anilines is 1. The molecule has 0 fully saturated rings. The van der Waals surface area contributed by atoms with Crippen LogP contribution in [0.15, 0.2) is 24.5 Å². The van der Waals surface area contributed by atoms with Crippen molar-refractivity contribution in [3.63, 3.8) is 0 Å². The maximum absolute atomic E-state index is 10.8. The van der Waals surface area contributed by atoms with Crippen LogP contribution in [0.2, 0.25) is 0 Å². The molecule has 0 spiro atoms. The molecule has 0 saturated carbocycles. The second-order valence-corrected chi connectivity index (χ2v) is 7.27. The molecule has 0 aliphatic carbocycles. The van der Waals surface area contributed by atoms with Crippen LogP contribution in [0, 0.1) is 6.92 Å². The van der Waals surface area contributed by atoms with Gasteiger partial charge in [0.1, 0.15) is 34.6 Å². The van der Waals surface area contributed by atoms with Crippen LogP contribution < -0.4 is 14.4 Å². The monoisotopic (exact) mass is 357 g/mol. The predicted octanol–water partition coefficient (Wildman–Crippen LogP) is 3.07. The Morgan fingerprint density at radius 1 is 1.20 bits per heavy atom. The quantitative estimate of drug-likeness (QED) is 0.777. The summed E-state index contributed by atoms with van der Waals surface area (Å²) in [5.74, 6) is 2.26. The Morgan fingerprint density at radius 2 is 1.96 bits per heavy atom. The Kier molecular flexibility index (Phi) is 3.97. The molecule has 0 radical (unpaired) electrons. The van der Waals surface area contributed by atoms with E-state index < -0.39 is 6.10 Å². The van der Waals surface area contributed by atoms with Crippen LogP contribution in [0.5, 0.6) is 11.5 Å². The fourth-order valence-corrected chi connectivity index (χ4v) is 4.29. The highest BCUT2D eigenvalue weighted by molar-refractivity contribution is 7.18. The molecule has 1 unspecified atom stereocenters. The summed E-state index contributed by atoms with van der Waals surface area (Å²) in [5, 5.41) is 11.8. The van der Waals surface area contributed by atoms with Gasteiger partial charge in [0.25, 0.3) is 0 Å². The van der Waals surface area contributed by atoms with Crippen LogP contribution in [0.25, 0.3) is 10.2 Å². The Hall–Kier alpha value is -2.38. The largest absolute Gasteiger partial charge is 0.496 e. The maximum atomic E-state index is 10.8. The number of rotatable bonds is 3. The summed E-state index contributed by atoms with van der Waals surface area (Å²) in [6, 6.07) is 5.81. The number of ether oxygens (including phenoxy) is 2. The van der Waals surface area contributed by atoms with E-state index in [2.05, 4.69) is 27.9 Å². The zero-order valence-electron chi connectivity index (χ0n) is 14.3. The van der Waals surface area contributed by atoms with E-state index in [0.717, 1.165) is 32.9 Å². The number of hydrogen-bond donors (Lipinski definition) is 1. The minimum Gasteiger partial charge on any atom is -0.496 e. The summed E-state index contributed by atoms with van der Waals surface area (Å²) >= 11 is 1.65. The number of fused-ring (bicyclic) bond motifs is 2. The van der Waals surface area contributed by atoms with Crippen LogP contribution >= 0.6 is 11.3 Å². The first-order valence-corrected chi connectivity index (χ1v) is 8.82. The minimum atomic E-state index is -0.682. The zero-order chi connectivity index (χ0) is 17.6. The lowest BCUT2D eigenvalue weighted by Gasteiger charge is -2.34. The molecule has 4 rings (SSSR count). The van der Waals surface area contributed by atoms with Crippen molar-refractivity contribution in [1.82, 2.24) is 9.97 Å². The molecule has 1 aliphatic rings. The van der Waals surface area contributed by atoms with Gasteiger partial charge in [-0.1, -0.05) is 0 Å². The van der Waals surface area contributed by atoms with Crippen LogP contribution in [0.1, 0.15) is 22.1 Å². The van der Waals surface area contributed by atoms with Crippen molar-refractivity contribution in [2.24, 2.45) is 0 Å². The Morgan fingerprint density at radius 3 is 2.72 bits per heavy atom. The second kappa shape index (κ2) is 6.16. The zero-order valence-corrected chi connectivity index (χ0v) is 15.1. The number of methoxy groups -OCH3 is 2. The van der Waals surface area contributed by atoms with Crippen LogP contribution in [-0.2, 0) is 6.54 Å². The van der Waals surface area contributed by atoms with Crippen molar-refractivity contribution in [3.8, 4) is 11.5 Å². The number of thiophene rings is 1. The first kappa shape index (κ1) is 16.1. The van der Waals surface area contributed by atoms with Crippen LogP contribution in [-0.4, -0.2) is 35.8 Å². The Bertz CT molecular complexity index is 941. The number of β-amino-alcohol motifs (C(OH)–C–C–N with tert-alkyl or cyclic N) is 1. The number of aryl methyl sites for hydroxylation is 1. The molecule has 1 N–H and O–H groups in total. The van der Waals surface area contributed by atoms with Gasteiger partial charge in [-0.05, 0) is 25.1 Å². The summed E-state index contributed by atoms with van der Waals surface area (Å²) < 4.78 is 11.0. The van der Waals surface area contributed by atoms with E-state index in [1.165, 1.54) is 4.88 Å². The molecule has 3 heterocycles. The van der Waals surface area contributed by atoms with E-state index in [4.69, 9.17) is 9.47 Å². The van der Waals surface area contributed by atoms with Gasteiger partial charge in [0, 0.05) is 22.5 Å². The summed E-state index contributed by atoms with van der Waals surface area (Å²) in [6.45, 7) is 3.09. The highest BCUT2D eigenvalue weighted by Crippen LogP contribution is 2.41. The summed E-state index contributed by atoms with van der Waals surface area (Å²) in [4.78, 5) is 13.1. The van der Waals surface area contributed by atoms with E-state index in [1.54, 1.807) is 31.9 Å². The van der Waals surface area contributed by atoms with Crippen LogP contribution in [0.3, 0.4) is 0 Å². The summed E-state index contributed by atoms with van der Waals surface area (Å²) in [7, 11) is 3.25. The standard InChI is InChI=1S/C18H19N3O3S/c1-10-6-11-17(19-9-20-18(11)25-10)21-7-12-14(23-2)4-5-15(24-3)16(12)13(22)8-21/h4-6,9,13,22H,7-8H2,1-3H3. The third-order valence-electron chi connectivity index (χ3n) is 4.52. The topological polar surface area (TPSA) is 67.7 Å². The van der Waals surface area contributed by atoms with Gasteiger partial charge in [0.2, 0.25) is 0 Å². The Balaban J connectivity index is 1.83. The number of aliphatic hydroxyl groups is 1. The molecule has 1 aliphatic heterocycles. The van der Waals surface area contributed by atoms with E-state index in [0.29, 0.717) is 18.8 Å². The molecule has 0 saturated heterocycles. The lowest BCUT2D eigenvalue weighted by molar-refractivity contribution is 0.169. The average molecular weight is 357 g/mol. The molecular formula is C18H19N3O3S. The third kappa shape index (κ3) is 2.60. The number of nitrogens with zero attached hydrogens (tertiary/aromatic N) is 3. The SMILES string of the molecule is COc1ccc(OC)c2c1CN(c1ncnc3sc(C)cc13)CC2O. The molecule has 2 aromatic heterocycles. The first-order chi connectivity index (χ1) is 12.1. The van der Waals surface area contributed by atoms with E-state index in [-0.39, 0.29) is 0 Å². The number of benzene rings is 1. The Labute approximate surface area is 149 Å². The first-order valence-electron chi connectivity index (χ1n) is 8.00. The van der Waals surface area contributed by atoms with Gasteiger partial charge in [-0.2, -0.15) is 0 Å². The van der Waals surface area contributed by atoms with Gasteiger partial charge >= 0.3 is 0 Å². The molecule has 25 heavy (non-hydrogen) atoms. The third-order valence-corrected chi connectivity index (χ3v) is 5.48. The van der Waals surface area contributed by atoms with Gasteiger partial charge in [-0.3, -0.25) is 0 Å². The fourth-order valence-electron chi connectivity index (χ4n) is 3.45. The number of aromatic nitrogens is 2. The highest BCUT2D eigenvalue weighted by Gasteiger charge is 2.31. The van der Waals surface area contributed by atoms with Crippen molar-refractivity contribution >= 4 is 27.4 Å². The van der Waals surface area contributed by atoms with Gasteiger partial charge in [0.15, 0.2) is 0 Å². The maximum Gasteiger partial charge on any atom is 0.141 e. The number of hydrogen-bond acceptors (Lipinski definition) is 7. The minimum absolute atomic E-state index is 0.442. The van der Waals surface area contributed by atoms with Crippen molar-refractivity contribution in [2.75, 3.05) is 25.7 Å². The van der Waals surface area contributed by atoms with E-state index in [9.17, 15) is 5.11 Å². The summed E-state index contributed by atoms with van der Waals surface area (Å²) in [6.07, 6.45) is 0.900. The van der Waals surface area contributed by atoms with Gasteiger partial charge in [-0.15, -0.1) is 11.3 Å². The molecule has 7 heteroatoms. The molecule has 1 aromatic carbocycles. The lowest BCUT2D eigenvalue weighted by Crippen LogP contribution is -2.34. The second-order valence-electron chi connectivity index (χ2n) is 6.03. The van der Waals surface area contributed by atoms with Gasteiger partial charge in [0.05, 0.1) is 26.2 Å². The molecule has 1 atom stereocenters. The smallest absolute Gasteiger partial charge is 0.141 e. The normalized spacial score (nSPS) is 16.8. The molecular weight excluding hydrogens is 338 g/mol. The average Bonchev–Trinajstić information content (AvgIpc) is 3.00. The van der Waals surface area contributed by atoms with E-state index in [1.807, 2.05) is 12.1 Å².